The predicted molar refractivity (Wildman–Crippen MR) is 262 cm³/mol. The first-order chi connectivity index (χ1) is 29.6. The lowest BCUT2D eigenvalue weighted by Crippen LogP contribution is -2.46. The number of fused-ring (bicyclic) bond motifs is 2. The van der Waals surface area contributed by atoms with Gasteiger partial charge in [-0.2, -0.15) is 0 Å². The number of rotatable bonds is 20. The second-order valence-corrected chi connectivity index (χ2v) is 20.2. The third-order valence-electron chi connectivity index (χ3n) is 13.1. The quantitative estimate of drug-likeness (QED) is 0.0337. The number of imide groups is 2. The SMILES string of the molecule is CCCCCCCCCCC(C)N1C(=O)c2c(Cl)c(Cl)c3c4c(Cl)c(Cl)c5c6c(c(Cl)c(Cl)c(c7c(Cl)c(Cl)c(c2c37)C1=O)c64)C(=O)N(C(C)CCCCCCCCCC)C5=O. The first kappa shape index (κ1) is 47.9. The van der Waals surface area contributed by atoms with Crippen molar-refractivity contribution in [2.24, 2.45) is 0 Å². The van der Waals surface area contributed by atoms with Crippen LogP contribution in [0.25, 0.3) is 43.1 Å². The Bertz CT molecular complexity index is 2320. The largest absolute Gasteiger partial charge is 0.271 e. The van der Waals surface area contributed by atoms with E-state index in [2.05, 4.69) is 13.8 Å². The Hall–Kier alpha value is -2.00. The minimum absolute atomic E-state index is 0.0161. The van der Waals surface area contributed by atoms with Crippen molar-refractivity contribution in [3.05, 3.63) is 62.4 Å². The van der Waals surface area contributed by atoms with Gasteiger partial charge in [-0.05, 0) is 26.7 Å². The van der Waals surface area contributed by atoms with E-state index in [-0.39, 0.29) is 106 Å². The van der Waals surface area contributed by atoms with Gasteiger partial charge in [-0.3, -0.25) is 29.0 Å². The number of amides is 4. The number of halogens is 8. The highest BCUT2D eigenvalue weighted by Crippen LogP contribution is 2.59. The van der Waals surface area contributed by atoms with Crippen molar-refractivity contribution in [3.8, 4) is 0 Å². The van der Waals surface area contributed by atoms with Gasteiger partial charge in [0.1, 0.15) is 0 Å². The summed E-state index contributed by atoms with van der Waals surface area (Å²) in [5.74, 6) is -2.50. The van der Waals surface area contributed by atoms with Crippen LogP contribution in [0.5, 0.6) is 0 Å². The minimum atomic E-state index is -0.626. The van der Waals surface area contributed by atoms with Crippen LogP contribution in [0.15, 0.2) is 0 Å². The number of carbonyl (C=O) groups excluding carboxylic acids is 4. The van der Waals surface area contributed by atoms with Crippen LogP contribution in [-0.2, 0) is 0 Å². The molecule has 2 unspecified atom stereocenters. The Labute approximate surface area is 403 Å². The lowest BCUT2D eigenvalue weighted by molar-refractivity contribution is 0.0526. The molecule has 0 spiro atoms. The van der Waals surface area contributed by atoms with Crippen molar-refractivity contribution in [2.75, 3.05) is 0 Å². The molecule has 7 rings (SSSR count). The van der Waals surface area contributed by atoms with Crippen LogP contribution in [0.4, 0.5) is 0 Å². The highest BCUT2D eigenvalue weighted by Gasteiger charge is 2.45. The molecule has 0 aliphatic carbocycles. The van der Waals surface area contributed by atoms with Gasteiger partial charge in [-0.15, -0.1) is 0 Å². The summed E-state index contributed by atoms with van der Waals surface area (Å²) in [6, 6.07) is -0.988. The maximum absolute atomic E-state index is 14.6. The van der Waals surface area contributed by atoms with Crippen molar-refractivity contribution in [3.63, 3.8) is 0 Å². The molecule has 2 aliphatic heterocycles. The zero-order valence-electron chi connectivity index (χ0n) is 35.4. The Kier molecular flexibility index (Phi) is 15.3. The normalized spacial score (nSPS) is 15.2. The lowest BCUT2D eigenvalue weighted by Gasteiger charge is -2.36. The smallest absolute Gasteiger partial charge is 0.263 e. The van der Waals surface area contributed by atoms with Crippen LogP contribution in [-0.4, -0.2) is 45.5 Å². The fourth-order valence-electron chi connectivity index (χ4n) is 9.87. The topological polar surface area (TPSA) is 74.8 Å². The molecule has 62 heavy (non-hydrogen) atoms. The van der Waals surface area contributed by atoms with Gasteiger partial charge >= 0.3 is 0 Å². The molecular weight excluding hydrogens is 952 g/mol. The number of nitrogens with zero attached hydrogens (tertiary/aromatic N) is 2. The summed E-state index contributed by atoms with van der Waals surface area (Å²) in [7, 11) is 0. The summed E-state index contributed by atoms with van der Waals surface area (Å²) in [6.07, 6.45) is 18.9. The third kappa shape index (κ3) is 7.95. The molecule has 0 fully saturated rings. The zero-order valence-corrected chi connectivity index (χ0v) is 41.5. The summed E-state index contributed by atoms with van der Waals surface area (Å²) < 4.78 is 0. The van der Waals surface area contributed by atoms with E-state index in [0.717, 1.165) is 51.4 Å². The van der Waals surface area contributed by atoms with Gasteiger partial charge < -0.3 is 0 Å². The van der Waals surface area contributed by atoms with Crippen LogP contribution in [0.1, 0.15) is 185 Å². The Morgan fingerprint density at radius 3 is 0.790 bits per heavy atom. The molecule has 0 aromatic heterocycles. The molecule has 4 amide bonds. The van der Waals surface area contributed by atoms with Crippen LogP contribution < -0.4 is 0 Å². The maximum atomic E-state index is 14.6. The number of hydrogen-bond donors (Lipinski definition) is 0. The van der Waals surface area contributed by atoms with Crippen molar-refractivity contribution in [2.45, 2.75) is 155 Å². The van der Waals surface area contributed by atoms with Crippen LogP contribution >= 0.6 is 92.8 Å². The van der Waals surface area contributed by atoms with E-state index in [1.54, 1.807) is 0 Å². The van der Waals surface area contributed by atoms with E-state index in [0.29, 0.717) is 12.8 Å². The third-order valence-corrected chi connectivity index (χ3v) is 16.5. The van der Waals surface area contributed by atoms with Gasteiger partial charge in [0.25, 0.3) is 23.6 Å². The number of carbonyl (C=O) groups is 4. The fraction of sp³-hybridized carbons (Fsp3) is 0.500. The number of hydrogen-bond acceptors (Lipinski definition) is 4. The predicted octanol–water partition coefficient (Wildman–Crippen LogP) is 18.0. The summed E-state index contributed by atoms with van der Waals surface area (Å²) in [6.45, 7) is 8.05. The van der Waals surface area contributed by atoms with E-state index >= 15 is 0 Å². The second kappa shape index (κ2) is 19.8. The van der Waals surface area contributed by atoms with Crippen LogP contribution in [0.3, 0.4) is 0 Å². The Morgan fingerprint density at radius 1 is 0.323 bits per heavy atom. The first-order valence-electron chi connectivity index (χ1n) is 22.1. The van der Waals surface area contributed by atoms with Gasteiger partial charge in [0.2, 0.25) is 0 Å². The molecule has 0 bridgehead atoms. The Morgan fingerprint density at radius 2 is 0.548 bits per heavy atom. The molecule has 5 aromatic carbocycles. The fourth-order valence-corrected chi connectivity index (χ4v) is 12.1. The molecule has 0 saturated heterocycles. The average molecular weight is 1000 g/mol. The van der Waals surface area contributed by atoms with Gasteiger partial charge in [0, 0.05) is 55.2 Å². The van der Waals surface area contributed by atoms with E-state index in [4.69, 9.17) is 92.8 Å². The van der Waals surface area contributed by atoms with Gasteiger partial charge in [-0.1, -0.05) is 209 Å². The molecule has 0 saturated carbocycles. The molecule has 5 aromatic rings. The van der Waals surface area contributed by atoms with E-state index in [1.807, 2.05) is 13.8 Å². The molecular formula is C48H50Cl8N2O4. The summed E-state index contributed by atoms with van der Waals surface area (Å²) >= 11 is 57.6. The van der Waals surface area contributed by atoms with Crippen LogP contribution in [0, 0.1) is 0 Å². The highest BCUT2D eigenvalue weighted by atomic mass is 35.5. The van der Waals surface area contributed by atoms with E-state index < -0.39 is 35.7 Å². The molecule has 2 aliphatic rings. The molecule has 0 radical (unpaired) electrons. The van der Waals surface area contributed by atoms with Crippen molar-refractivity contribution >= 4 is 160 Å². The first-order valence-corrected chi connectivity index (χ1v) is 25.1. The monoisotopic (exact) mass is 998 g/mol. The highest BCUT2D eigenvalue weighted by molar-refractivity contribution is 6.63. The maximum Gasteiger partial charge on any atom is 0.263 e. The van der Waals surface area contributed by atoms with E-state index in [9.17, 15) is 19.2 Å². The molecule has 14 heteroatoms. The van der Waals surface area contributed by atoms with Gasteiger partial charge in [0.05, 0.1) is 62.4 Å². The van der Waals surface area contributed by atoms with E-state index in [1.165, 1.54) is 61.2 Å². The second-order valence-electron chi connectivity index (χ2n) is 17.2. The Balaban J connectivity index is 1.36. The average Bonchev–Trinajstić information content (AvgIpc) is 3.23. The molecule has 332 valence electrons. The summed E-state index contributed by atoms with van der Waals surface area (Å²) in [5, 5.41) is 0.766. The number of unbranched alkanes of at least 4 members (excludes halogenated alkanes) is 14. The summed E-state index contributed by atoms with van der Waals surface area (Å²) in [4.78, 5) is 60.9. The molecule has 2 heterocycles. The van der Waals surface area contributed by atoms with Crippen molar-refractivity contribution in [1.82, 2.24) is 9.80 Å². The summed E-state index contributed by atoms with van der Waals surface area (Å²) in [5.41, 5.74) is -0.0645. The standard InChI is InChI=1S/C48H50Cl8N2O4/c1-5-7-9-11-13-15-17-19-21-23(3)57-45(59)33-27-25-29(37(49)41(33)53)31-26-28-35(43(55)39(31)51)47(61)58(24(4)22-20-18-16-14-12-10-8-6-2)48(62)36(28)44(56)40(52)32(26)30(25)38(50)42(54)34(27)46(57)60/h23-24H,5-22H2,1-4H3. The molecule has 2 atom stereocenters. The van der Waals surface area contributed by atoms with Crippen LogP contribution in [0.2, 0.25) is 40.2 Å². The molecule has 0 N–H and O–H groups in total. The minimum Gasteiger partial charge on any atom is -0.271 e. The van der Waals surface area contributed by atoms with Crippen molar-refractivity contribution < 1.29 is 19.2 Å². The van der Waals surface area contributed by atoms with Gasteiger partial charge in [0.15, 0.2) is 0 Å². The van der Waals surface area contributed by atoms with Crippen molar-refractivity contribution in [1.29, 1.82) is 0 Å². The van der Waals surface area contributed by atoms with Gasteiger partial charge in [-0.25, -0.2) is 0 Å². The lowest BCUT2D eigenvalue weighted by atomic mass is 9.81. The molecule has 6 nitrogen and oxygen atoms in total. The number of benzene rings is 5. The zero-order chi connectivity index (χ0) is 44.9.